The average molecular weight is 346 g/mol. The van der Waals surface area contributed by atoms with Crippen molar-refractivity contribution in [1.82, 2.24) is 19.9 Å². The summed E-state index contributed by atoms with van der Waals surface area (Å²) in [4.78, 5) is 17.4. The number of allylic oxidation sites excluding steroid dienone is 1. The van der Waals surface area contributed by atoms with E-state index < -0.39 is 0 Å². The third-order valence-corrected chi connectivity index (χ3v) is 4.77. The maximum atomic E-state index is 10.2. The van der Waals surface area contributed by atoms with Gasteiger partial charge in [0.05, 0.1) is 6.42 Å². The molecule has 24 heavy (non-hydrogen) atoms. The largest absolute Gasteiger partial charge is 0.512 e. The summed E-state index contributed by atoms with van der Waals surface area (Å²) in [5, 5.41) is 19.2. The molecular formula is C16H22N6OS. The number of rotatable bonds is 6. The van der Waals surface area contributed by atoms with Gasteiger partial charge in [-0.2, -0.15) is 15.0 Å². The van der Waals surface area contributed by atoms with Crippen molar-refractivity contribution in [2.24, 2.45) is 0 Å². The van der Waals surface area contributed by atoms with Crippen molar-refractivity contribution in [3.63, 3.8) is 0 Å². The summed E-state index contributed by atoms with van der Waals surface area (Å²) in [6, 6.07) is 0.424. The zero-order valence-electron chi connectivity index (χ0n) is 13.9. The fraction of sp³-hybridized carbons (Fsp3) is 0.500. The molecule has 2 aromatic rings. The molecule has 8 heteroatoms. The fourth-order valence-corrected chi connectivity index (χ4v) is 3.47. The number of aryl methyl sites for hydroxylation is 1. The summed E-state index contributed by atoms with van der Waals surface area (Å²) in [5.74, 6) is 1.77. The highest BCUT2D eigenvalue weighted by Crippen LogP contribution is 2.21. The first kappa shape index (κ1) is 16.6. The molecule has 0 radical (unpaired) electrons. The highest BCUT2D eigenvalue weighted by Gasteiger charge is 2.17. The van der Waals surface area contributed by atoms with E-state index in [1.807, 2.05) is 12.3 Å². The highest BCUT2D eigenvalue weighted by atomic mass is 32.1. The molecule has 3 N–H and O–H groups in total. The van der Waals surface area contributed by atoms with Crippen LogP contribution < -0.4 is 10.6 Å². The lowest BCUT2D eigenvalue weighted by atomic mass is 10.2. The summed E-state index contributed by atoms with van der Waals surface area (Å²) < 4.78 is 0. The SMILES string of the molecule is CNc1nc(CC(O)=Cc2nc(C)cs2)nc(NC2CCCC2)n1. The lowest BCUT2D eigenvalue weighted by Crippen LogP contribution is -2.18. The first-order valence-electron chi connectivity index (χ1n) is 8.13. The Hall–Kier alpha value is -2.22. The number of aliphatic hydroxyl groups is 1. The van der Waals surface area contributed by atoms with Gasteiger partial charge < -0.3 is 15.7 Å². The van der Waals surface area contributed by atoms with Gasteiger partial charge in [-0.3, -0.25) is 0 Å². The molecule has 0 aromatic carbocycles. The first-order valence-corrected chi connectivity index (χ1v) is 9.01. The van der Waals surface area contributed by atoms with Gasteiger partial charge in [-0.1, -0.05) is 12.8 Å². The van der Waals surface area contributed by atoms with Crippen LogP contribution in [-0.4, -0.2) is 38.1 Å². The van der Waals surface area contributed by atoms with E-state index in [2.05, 4.69) is 30.6 Å². The third kappa shape index (κ3) is 4.41. The predicted molar refractivity (Wildman–Crippen MR) is 96.4 cm³/mol. The Morgan fingerprint density at radius 2 is 2.00 bits per heavy atom. The van der Waals surface area contributed by atoms with Crippen molar-refractivity contribution in [1.29, 1.82) is 0 Å². The van der Waals surface area contributed by atoms with Gasteiger partial charge in [0.2, 0.25) is 11.9 Å². The molecule has 1 aliphatic rings. The zero-order valence-corrected chi connectivity index (χ0v) is 14.7. The first-order chi connectivity index (χ1) is 11.6. The second-order valence-corrected chi connectivity index (χ2v) is 6.80. The lowest BCUT2D eigenvalue weighted by Gasteiger charge is -2.13. The van der Waals surface area contributed by atoms with E-state index in [0.717, 1.165) is 23.5 Å². The van der Waals surface area contributed by atoms with E-state index in [9.17, 15) is 5.11 Å². The topological polar surface area (TPSA) is 95.9 Å². The molecule has 1 fully saturated rings. The third-order valence-electron chi connectivity index (χ3n) is 3.86. The number of hydrogen-bond acceptors (Lipinski definition) is 8. The van der Waals surface area contributed by atoms with Gasteiger partial charge in [0, 0.05) is 30.2 Å². The molecule has 7 nitrogen and oxygen atoms in total. The summed E-state index contributed by atoms with van der Waals surface area (Å²) in [6.07, 6.45) is 6.67. The average Bonchev–Trinajstić information content (AvgIpc) is 3.18. The molecule has 0 saturated heterocycles. The minimum absolute atomic E-state index is 0.185. The van der Waals surface area contributed by atoms with Crippen LogP contribution in [0.1, 0.15) is 42.2 Å². The molecule has 128 valence electrons. The van der Waals surface area contributed by atoms with Crippen molar-refractivity contribution >= 4 is 29.3 Å². The van der Waals surface area contributed by atoms with Gasteiger partial charge in [0.15, 0.2) is 0 Å². The van der Waals surface area contributed by atoms with Gasteiger partial charge in [-0.25, -0.2) is 4.98 Å². The number of nitrogens with one attached hydrogen (secondary N) is 2. The number of aromatic nitrogens is 4. The predicted octanol–water partition coefficient (Wildman–Crippen LogP) is 3.17. The maximum absolute atomic E-state index is 10.2. The molecule has 0 unspecified atom stereocenters. The minimum atomic E-state index is 0.185. The van der Waals surface area contributed by atoms with E-state index in [-0.39, 0.29) is 12.2 Å². The van der Waals surface area contributed by atoms with Crippen molar-refractivity contribution in [3.05, 3.63) is 27.7 Å². The van der Waals surface area contributed by atoms with Crippen LogP contribution in [0.25, 0.3) is 6.08 Å². The number of aliphatic hydroxyl groups excluding tert-OH is 1. The van der Waals surface area contributed by atoms with Crippen LogP contribution in [0, 0.1) is 6.92 Å². The van der Waals surface area contributed by atoms with Crippen LogP contribution in [0.4, 0.5) is 11.9 Å². The molecule has 0 atom stereocenters. The molecule has 1 aliphatic carbocycles. The molecule has 0 amide bonds. The van der Waals surface area contributed by atoms with E-state index in [0.29, 0.717) is 23.8 Å². The highest BCUT2D eigenvalue weighted by molar-refractivity contribution is 7.10. The van der Waals surface area contributed by atoms with Crippen LogP contribution in [0.15, 0.2) is 11.1 Å². The molecule has 2 aromatic heterocycles. The molecule has 2 heterocycles. The zero-order chi connectivity index (χ0) is 16.9. The molecule has 3 rings (SSSR count). The van der Waals surface area contributed by atoms with Gasteiger partial charge in [-0.15, -0.1) is 11.3 Å². The second kappa shape index (κ2) is 7.57. The number of thiazole rings is 1. The van der Waals surface area contributed by atoms with E-state index in [1.165, 1.54) is 24.2 Å². The Bertz CT molecular complexity index is 723. The Labute approximate surface area is 145 Å². The molecule has 0 spiro atoms. The minimum Gasteiger partial charge on any atom is -0.512 e. The lowest BCUT2D eigenvalue weighted by molar-refractivity contribution is 0.401. The van der Waals surface area contributed by atoms with Crippen molar-refractivity contribution in [3.8, 4) is 0 Å². The smallest absolute Gasteiger partial charge is 0.227 e. The van der Waals surface area contributed by atoms with E-state index in [4.69, 9.17) is 0 Å². The molecule has 1 saturated carbocycles. The molecular weight excluding hydrogens is 324 g/mol. The summed E-state index contributed by atoms with van der Waals surface area (Å²) in [6.45, 7) is 1.93. The van der Waals surface area contributed by atoms with Crippen LogP contribution in [0.3, 0.4) is 0 Å². The van der Waals surface area contributed by atoms with E-state index in [1.54, 1.807) is 13.1 Å². The number of hydrogen-bond donors (Lipinski definition) is 3. The maximum Gasteiger partial charge on any atom is 0.227 e. The number of nitrogens with zero attached hydrogens (tertiary/aromatic N) is 4. The van der Waals surface area contributed by atoms with Crippen molar-refractivity contribution in [2.75, 3.05) is 17.7 Å². The monoisotopic (exact) mass is 346 g/mol. The van der Waals surface area contributed by atoms with Crippen LogP contribution >= 0.6 is 11.3 Å². The Balaban J connectivity index is 1.74. The van der Waals surface area contributed by atoms with Crippen LogP contribution in [0.2, 0.25) is 0 Å². The van der Waals surface area contributed by atoms with E-state index >= 15 is 0 Å². The van der Waals surface area contributed by atoms with Crippen molar-refractivity contribution < 1.29 is 5.11 Å². The fourth-order valence-electron chi connectivity index (χ4n) is 2.72. The molecule has 0 aliphatic heterocycles. The van der Waals surface area contributed by atoms with Crippen molar-refractivity contribution in [2.45, 2.75) is 45.1 Å². The van der Waals surface area contributed by atoms with Gasteiger partial charge in [-0.05, 0) is 19.8 Å². The van der Waals surface area contributed by atoms with Gasteiger partial charge in [0.25, 0.3) is 0 Å². The summed E-state index contributed by atoms with van der Waals surface area (Å²) >= 11 is 1.50. The van der Waals surface area contributed by atoms with Crippen LogP contribution in [-0.2, 0) is 6.42 Å². The van der Waals surface area contributed by atoms with Crippen LogP contribution in [0.5, 0.6) is 0 Å². The van der Waals surface area contributed by atoms with Gasteiger partial charge >= 0.3 is 0 Å². The van der Waals surface area contributed by atoms with Gasteiger partial charge in [0.1, 0.15) is 16.6 Å². The summed E-state index contributed by atoms with van der Waals surface area (Å²) in [5.41, 5.74) is 0.944. The second-order valence-electron chi connectivity index (χ2n) is 5.91. The normalized spacial score (nSPS) is 15.7. The number of anilines is 2. The molecule has 0 bridgehead atoms. The summed E-state index contributed by atoms with van der Waals surface area (Å²) in [7, 11) is 1.77. The Morgan fingerprint density at radius 1 is 1.25 bits per heavy atom. The quantitative estimate of drug-likeness (QED) is 0.691. The Morgan fingerprint density at radius 3 is 2.67 bits per heavy atom. The standard InChI is InChI=1S/C16H22N6OS/c1-10-9-24-14(18-10)8-12(23)7-13-20-15(17-2)22-16(21-13)19-11-5-3-4-6-11/h8-9,11,23H,3-7H2,1-2H3,(H2,17,19,20,21,22). The Kier molecular flexibility index (Phi) is 5.24.